The molecular formula is C33H49N5O8. The smallest absolute Gasteiger partial charge is 0.344 e. The van der Waals surface area contributed by atoms with Gasteiger partial charge in [-0.2, -0.15) is 0 Å². The summed E-state index contributed by atoms with van der Waals surface area (Å²) in [4.78, 5) is 81.6. The number of carbonyl (C=O) groups is 6. The third-order valence-corrected chi connectivity index (χ3v) is 9.07. The van der Waals surface area contributed by atoms with Gasteiger partial charge in [0.15, 0.2) is 0 Å². The van der Waals surface area contributed by atoms with E-state index in [2.05, 4.69) is 10.6 Å². The molecule has 13 nitrogen and oxygen atoms in total. The molecule has 2 saturated heterocycles. The molecule has 2 heterocycles. The van der Waals surface area contributed by atoms with E-state index in [0.717, 1.165) is 17.7 Å². The number of aliphatic carboxylic acids is 1. The first-order chi connectivity index (χ1) is 22.0. The molecule has 4 amide bonds. The van der Waals surface area contributed by atoms with Crippen molar-refractivity contribution in [2.45, 2.75) is 109 Å². The molecule has 0 bridgehead atoms. The molecule has 0 aliphatic carbocycles. The Bertz CT molecular complexity index is 1240. The molecule has 2 fully saturated rings. The summed E-state index contributed by atoms with van der Waals surface area (Å²) in [5, 5.41) is 16.3. The highest BCUT2D eigenvalue weighted by Gasteiger charge is 2.59. The number of rotatable bonds is 17. The molecule has 1 aromatic carbocycles. The molecule has 3 rings (SSSR count). The first-order valence-electron chi connectivity index (χ1n) is 16.4. The number of carbonyl (C=O) groups excluding carboxylic acids is 5. The highest BCUT2D eigenvalue weighted by molar-refractivity contribution is 6.08. The van der Waals surface area contributed by atoms with Gasteiger partial charge in [-0.25, -0.2) is 9.59 Å². The van der Waals surface area contributed by atoms with Crippen molar-refractivity contribution < 1.29 is 38.6 Å². The second kappa shape index (κ2) is 17.1. The number of ether oxygens (including phenoxy) is 1. The maximum Gasteiger partial charge on any atom is 0.344 e. The Balaban J connectivity index is 1.81. The zero-order chi connectivity index (χ0) is 33.9. The Morgan fingerprint density at radius 1 is 1.09 bits per heavy atom. The van der Waals surface area contributed by atoms with Gasteiger partial charge in [0.05, 0.1) is 6.04 Å². The van der Waals surface area contributed by atoms with Gasteiger partial charge in [-0.15, -0.1) is 0 Å². The van der Waals surface area contributed by atoms with E-state index in [1.165, 1.54) is 4.90 Å². The molecule has 1 aromatic rings. The number of esters is 1. The molecule has 0 spiro atoms. The predicted octanol–water partition coefficient (Wildman–Crippen LogP) is 1.72. The van der Waals surface area contributed by atoms with Crippen LogP contribution in [0.2, 0.25) is 0 Å². The molecule has 46 heavy (non-hydrogen) atoms. The van der Waals surface area contributed by atoms with E-state index in [4.69, 9.17) is 10.5 Å². The summed E-state index contributed by atoms with van der Waals surface area (Å²) >= 11 is 0. The lowest BCUT2D eigenvalue weighted by atomic mass is 9.94. The molecule has 0 unspecified atom stereocenters. The molecule has 0 saturated carbocycles. The summed E-state index contributed by atoms with van der Waals surface area (Å²) in [6.45, 7) is 6.41. The number of hydrogen-bond donors (Lipinski definition) is 4. The lowest BCUT2D eigenvalue weighted by Gasteiger charge is -2.37. The molecule has 13 heteroatoms. The third-order valence-electron chi connectivity index (χ3n) is 9.07. The van der Waals surface area contributed by atoms with Crippen molar-refractivity contribution in [2.75, 3.05) is 19.6 Å². The SMILES string of the molecule is CCCCN[C@@H](CCC(N)=O)C(=O)N[C@H](C(=O)N1CCC[C@H]1C(=O)N1CCC[C@]1(C(=O)O)C(=O)OCc1ccccc1)[C@@H](C)CC. The van der Waals surface area contributed by atoms with Gasteiger partial charge < -0.3 is 36.0 Å². The topological polar surface area (TPSA) is 188 Å². The van der Waals surface area contributed by atoms with Crippen LogP contribution in [0.15, 0.2) is 30.3 Å². The molecule has 254 valence electrons. The molecule has 2 aliphatic rings. The molecule has 0 radical (unpaired) electrons. The number of nitrogens with two attached hydrogens (primary N) is 1. The highest BCUT2D eigenvalue weighted by Crippen LogP contribution is 2.35. The van der Waals surface area contributed by atoms with Gasteiger partial charge in [0, 0.05) is 19.5 Å². The normalized spacial score (nSPS) is 21.3. The van der Waals surface area contributed by atoms with Crippen LogP contribution in [-0.2, 0) is 40.1 Å². The van der Waals surface area contributed by atoms with E-state index in [1.54, 1.807) is 30.3 Å². The Morgan fingerprint density at radius 2 is 1.80 bits per heavy atom. The number of unbranched alkanes of at least 4 members (excludes halogenated alkanes) is 1. The summed E-state index contributed by atoms with van der Waals surface area (Å²) in [5.74, 6) is -4.85. The lowest BCUT2D eigenvalue weighted by molar-refractivity contribution is -0.175. The van der Waals surface area contributed by atoms with Crippen molar-refractivity contribution in [2.24, 2.45) is 11.7 Å². The Labute approximate surface area is 270 Å². The van der Waals surface area contributed by atoms with Gasteiger partial charge in [0.25, 0.3) is 0 Å². The van der Waals surface area contributed by atoms with Crippen LogP contribution in [0.1, 0.15) is 84.1 Å². The number of hydrogen-bond acceptors (Lipinski definition) is 8. The number of carboxylic acid groups (broad SMARTS) is 1. The van der Waals surface area contributed by atoms with E-state index >= 15 is 0 Å². The molecule has 5 atom stereocenters. The van der Waals surface area contributed by atoms with Gasteiger partial charge in [-0.05, 0) is 56.6 Å². The third kappa shape index (κ3) is 8.62. The highest BCUT2D eigenvalue weighted by atomic mass is 16.5. The zero-order valence-electron chi connectivity index (χ0n) is 27.2. The standard InChI is InChI=1S/C33H49N5O8/c1-4-6-18-35-24(15-16-26(34)39)28(40)36-27(22(3)5-2)30(42)37-19-10-14-25(37)29(41)38-20-11-17-33(38,31(43)44)32(45)46-21-23-12-8-7-9-13-23/h7-9,12-13,22,24-25,27,35H,4-6,10-11,14-21H2,1-3H3,(H2,34,39)(H,36,40)(H,43,44)/t22-,24-,25-,27-,33-/m0/s1. The van der Waals surface area contributed by atoms with Crippen molar-refractivity contribution in [3.63, 3.8) is 0 Å². The van der Waals surface area contributed by atoms with Crippen LogP contribution in [0.3, 0.4) is 0 Å². The molecule has 5 N–H and O–H groups in total. The van der Waals surface area contributed by atoms with Gasteiger partial charge in [-0.1, -0.05) is 63.9 Å². The van der Waals surface area contributed by atoms with Crippen LogP contribution in [0, 0.1) is 5.92 Å². The maximum absolute atomic E-state index is 14.1. The van der Waals surface area contributed by atoms with Crippen LogP contribution in [0.5, 0.6) is 0 Å². The Kier molecular flexibility index (Phi) is 13.5. The van der Waals surface area contributed by atoms with Crippen LogP contribution < -0.4 is 16.4 Å². The van der Waals surface area contributed by atoms with Crippen molar-refractivity contribution in [3.8, 4) is 0 Å². The zero-order valence-corrected chi connectivity index (χ0v) is 27.2. The molecule has 2 aliphatic heterocycles. The van der Waals surface area contributed by atoms with Crippen LogP contribution in [0.25, 0.3) is 0 Å². The minimum absolute atomic E-state index is 0.00317. The maximum atomic E-state index is 14.1. The molecular weight excluding hydrogens is 594 g/mol. The summed E-state index contributed by atoms with van der Waals surface area (Å²) in [6, 6.07) is 6.13. The number of likely N-dealkylation sites (tertiary alicyclic amines) is 2. The fourth-order valence-corrected chi connectivity index (χ4v) is 6.13. The van der Waals surface area contributed by atoms with Gasteiger partial charge >= 0.3 is 11.9 Å². The van der Waals surface area contributed by atoms with E-state index in [1.807, 2.05) is 20.8 Å². The van der Waals surface area contributed by atoms with Crippen molar-refractivity contribution >= 4 is 35.6 Å². The summed E-state index contributed by atoms with van der Waals surface area (Å²) in [6.07, 6.45) is 3.40. The lowest BCUT2D eigenvalue weighted by Crippen LogP contribution is -2.63. The van der Waals surface area contributed by atoms with Crippen molar-refractivity contribution in [3.05, 3.63) is 35.9 Å². The fraction of sp³-hybridized carbons (Fsp3) is 0.636. The van der Waals surface area contributed by atoms with Crippen LogP contribution >= 0.6 is 0 Å². The van der Waals surface area contributed by atoms with E-state index < -0.39 is 59.2 Å². The monoisotopic (exact) mass is 643 g/mol. The van der Waals surface area contributed by atoms with Crippen molar-refractivity contribution in [1.82, 2.24) is 20.4 Å². The first kappa shape index (κ1) is 36.5. The number of benzene rings is 1. The summed E-state index contributed by atoms with van der Waals surface area (Å²) < 4.78 is 5.44. The predicted molar refractivity (Wildman–Crippen MR) is 169 cm³/mol. The Morgan fingerprint density at radius 3 is 2.43 bits per heavy atom. The number of primary amides is 1. The second-order valence-corrected chi connectivity index (χ2v) is 12.2. The van der Waals surface area contributed by atoms with Crippen LogP contribution in [0.4, 0.5) is 0 Å². The van der Waals surface area contributed by atoms with Crippen molar-refractivity contribution in [1.29, 1.82) is 0 Å². The summed E-state index contributed by atoms with van der Waals surface area (Å²) in [7, 11) is 0. The average Bonchev–Trinajstić information content (AvgIpc) is 3.72. The number of amides is 4. The van der Waals surface area contributed by atoms with E-state index in [-0.39, 0.29) is 57.7 Å². The fourth-order valence-electron chi connectivity index (χ4n) is 6.13. The minimum Gasteiger partial charge on any atom is -0.479 e. The quantitative estimate of drug-likeness (QED) is 0.111. The first-order valence-corrected chi connectivity index (χ1v) is 16.4. The minimum atomic E-state index is -2.20. The second-order valence-electron chi connectivity index (χ2n) is 12.2. The molecule has 0 aromatic heterocycles. The van der Waals surface area contributed by atoms with E-state index in [9.17, 15) is 33.9 Å². The van der Waals surface area contributed by atoms with Crippen LogP contribution in [-0.4, -0.2) is 93.8 Å². The number of nitrogens with zero attached hydrogens (tertiary/aromatic N) is 2. The number of carboxylic acids is 1. The number of nitrogens with one attached hydrogen (secondary N) is 2. The largest absolute Gasteiger partial charge is 0.479 e. The van der Waals surface area contributed by atoms with Gasteiger partial charge in [-0.3, -0.25) is 19.2 Å². The van der Waals surface area contributed by atoms with Gasteiger partial charge in [0.1, 0.15) is 18.7 Å². The van der Waals surface area contributed by atoms with E-state index in [0.29, 0.717) is 24.9 Å². The Hall–Kier alpha value is -4.00. The average molecular weight is 644 g/mol. The summed E-state index contributed by atoms with van der Waals surface area (Å²) in [5.41, 5.74) is 3.81. The van der Waals surface area contributed by atoms with Gasteiger partial charge in [0.2, 0.25) is 29.2 Å².